The van der Waals surface area contributed by atoms with Crippen LogP contribution in [-0.4, -0.2) is 16.0 Å². The Morgan fingerprint density at radius 2 is 1.95 bits per heavy atom. The van der Waals surface area contributed by atoms with Gasteiger partial charge >= 0.3 is 0 Å². The molecule has 0 spiro atoms. The van der Waals surface area contributed by atoms with Gasteiger partial charge < -0.3 is 10.5 Å². The van der Waals surface area contributed by atoms with E-state index in [9.17, 15) is 0 Å². The van der Waals surface area contributed by atoms with Gasteiger partial charge in [-0.25, -0.2) is 9.97 Å². The number of hydrogen-bond acceptors (Lipinski definition) is 4. The van der Waals surface area contributed by atoms with Crippen LogP contribution in [0.25, 0.3) is 0 Å². The van der Waals surface area contributed by atoms with Crippen LogP contribution < -0.4 is 10.5 Å². The van der Waals surface area contributed by atoms with Crippen LogP contribution in [0.4, 0.5) is 0 Å². The molecule has 1 unspecified atom stereocenters. The number of benzene rings is 1. The Balaban J connectivity index is 2.14. The zero-order chi connectivity index (χ0) is 13.7. The molecule has 1 aromatic carbocycles. The lowest BCUT2D eigenvalue weighted by atomic mass is 10.0. The lowest BCUT2D eigenvalue weighted by molar-refractivity contribution is 0.290. The van der Waals surface area contributed by atoms with Crippen LogP contribution in [0, 0.1) is 6.92 Å². The summed E-state index contributed by atoms with van der Waals surface area (Å²) in [5.41, 5.74) is 8.11. The largest absolute Gasteiger partial charge is 0.485 e. The highest BCUT2D eigenvalue weighted by molar-refractivity contribution is 5.41. The lowest BCUT2D eigenvalue weighted by Gasteiger charge is -2.15. The number of ether oxygens (including phenoxy) is 1. The van der Waals surface area contributed by atoms with Crippen LogP contribution in [0.15, 0.2) is 36.7 Å². The molecule has 0 aliphatic rings. The molecule has 19 heavy (non-hydrogen) atoms. The third-order valence-corrected chi connectivity index (χ3v) is 2.80. The fourth-order valence-electron chi connectivity index (χ4n) is 1.97. The van der Waals surface area contributed by atoms with Crippen molar-refractivity contribution in [3.63, 3.8) is 0 Å². The van der Waals surface area contributed by atoms with Crippen molar-refractivity contribution >= 4 is 0 Å². The molecule has 0 bridgehead atoms. The van der Waals surface area contributed by atoms with Crippen molar-refractivity contribution in [2.24, 2.45) is 5.73 Å². The van der Waals surface area contributed by atoms with Crippen LogP contribution in [0.2, 0.25) is 0 Å². The Bertz CT molecular complexity index is 526. The summed E-state index contributed by atoms with van der Waals surface area (Å²) >= 11 is 0. The second-order valence-corrected chi connectivity index (χ2v) is 4.70. The van der Waals surface area contributed by atoms with Crippen LogP contribution >= 0.6 is 0 Å². The van der Waals surface area contributed by atoms with Crippen molar-refractivity contribution in [1.29, 1.82) is 0 Å². The minimum atomic E-state index is 0.108. The molecule has 0 aliphatic carbocycles. The minimum absolute atomic E-state index is 0.108. The quantitative estimate of drug-likeness (QED) is 0.892. The maximum absolute atomic E-state index is 5.87. The predicted octanol–water partition coefficient (Wildman–Crippen LogP) is 2.25. The highest BCUT2D eigenvalue weighted by Gasteiger charge is 2.09. The van der Waals surface area contributed by atoms with Crippen molar-refractivity contribution < 1.29 is 4.74 Å². The van der Waals surface area contributed by atoms with Gasteiger partial charge in [-0.3, -0.25) is 0 Å². The van der Waals surface area contributed by atoms with E-state index in [1.54, 1.807) is 18.5 Å². The number of nitrogens with zero attached hydrogens (tertiary/aromatic N) is 2. The van der Waals surface area contributed by atoms with Gasteiger partial charge in [-0.05, 0) is 37.5 Å². The number of aromatic nitrogens is 2. The van der Waals surface area contributed by atoms with Gasteiger partial charge in [0.15, 0.2) is 5.82 Å². The highest BCUT2D eigenvalue weighted by atomic mass is 16.5. The van der Waals surface area contributed by atoms with Gasteiger partial charge in [0.25, 0.3) is 0 Å². The third-order valence-electron chi connectivity index (χ3n) is 2.80. The van der Waals surface area contributed by atoms with E-state index in [2.05, 4.69) is 16.0 Å². The maximum Gasteiger partial charge on any atom is 0.166 e. The fourth-order valence-corrected chi connectivity index (χ4v) is 1.97. The van der Waals surface area contributed by atoms with E-state index in [1.807, 2.05) is 26.0 Å². The van der Waals surface area contributed by atoms with Crippen molar-refractivity contribution in [3.05, 3.63) is 53.6 Å². The van der Waals surface area contributed by atoms with Gasteiger partial charge in [0.2, 0.25) is 0 Å². The Morgan fingerprint density at radius 3 is 2.63 bits per heavy atom. The van der Waals surface area contributed by atoms with E-state index in [4.69, 9.17) is 10.5 Å². The number of rotatable bonds is 5. The van der Waals surface area contributed by atoms with Crippen LogP contribution in [0.5, 0.6) is 5.75 Å². The SMILES string of the molecule is Cc1cccc(CC(C)N)c1OCc1ncccn1. The maximum atomic E-state index is 5.87. The summed E-state index contributed by atoms with van der Waals surface area (Å²) in [5, 5.41) is 0. The molecule has 0 saturated carbocycles. The van der Waals surface area contributed by atoms with Crippen molar-refractivity contribution in [2.45, 2.75) is 32.9 Å². The predicted molar refractivity (Wildman–Crippen MR) is 74.9 cm³/mol. The average Bonchev–Trinajstić information content (AvgIpc) is 2.38. The zero-order valence-electron chi connectivity index (χ0n) is 11.3. The smallest absolute Gasteiger partial charge is 0.166 e. The van der Waals surface area contributed by atoms with E-state index in [0.717, 1.165) is 23.3 Å². The molecule has 0 saturated heterocycles. The normalized spacial score (nSPS) is 12.2. The molecule has 100 valence electrons. The van der Waals surface area contributed by atoms with Gasteiger partial charge in [-0.15, -0.1) is 0 Å². The second-order valence-electron chi connectivity index (χ2n) is 4.70. The molecule has 1 atom stereocenters. The first kappa shape index (κ1) is 13.5. The highest BCUT2D eigenvalue weighted by Crippen LogP contribution is 2.25. The first-order valence-electron chi connectivity index (χ1n) is 6.39. The summed E-state index contributed by atoms with van der Waals surface area (Å²) in [6.07, 6.45) is 4.23. The Hall–Kier alpha value is -1.94. The van der Waals surface area contributed by atoms with Crippen molar-refractivity contribution in [1.82, 2.24) is 9.97 Å². The van der Waals surface area contributed by atoms with E-state index >= 15 is 0 Å². The Kier molecular flexibility index (Phi) is 4.47. The van der Waals surface area contributed by atoms with E-state index in [1.165, 1.54) is 0 Å². The molecule has 2 aromatic rings. The molecule has 4 heteroatoms. The minimum Gasteiger partial charge on any atom is -0.485 e. The molecule has 0 amide bonds. The van der Waals surface area contributed by atoms with E-state index in [-0.39, 0.29) is 6.04 Å². The van der Waals surface area contributed by atoms with Gasteiger partial charge in [0.05, 0.1) is 0 Å². The van der Waals surface area contributed by atoms with Crippen LogP contribution in [0.3, 0.4) is 0 Å². The lowest BCUT2D eigenvalue weighted by Crippen LogP contribution is -2.18. The molecule has 1 heterocycles. The third kappa shape index (κ3) is 3.76. The van der Waals surface area contributed by atoms with E-state index < -0.39 is 0 Å². The van der Waals surface area contributed by atoms with Crippen molar-refractivity contribution in [3.8, 4) is 5.75 Å². The summed E-state index contributed by atoms with van der Waals surface area (Å²) in [6, 6.07) is 8.01. The van der Waals surface area contributed by atoms with Crippen LogP contribution in [-0.2, 0) is 13.0 Å². The molecule has 1 aromatic heterocycles. The summed E-state index contributed by atoms with van der Waals surface area (Å²) in [7, 11) is 0. The molecular formula is C15H19N3O. The molecular weight excluding hydrogens is 238 g/mol. The zero-order valence-corrected chi connectivity index (χ0v) is 11.3. The number of para-hydroxylation sites is 1. The number of hydrogen-bond donors (Lipinski definition) is 1. The van der Waals surface area contributed by atoms with Gasteiger partial charge in [-0.2, -0.15) is 0 Å². The summed E-state index contributed by atoms with van der Waals surface area (Å²) in [6.45, 7) is 4.40. The van der Waals surface area contributed by atoms with Crippen molar-refractivity contribution in [2.75, 3.05) is 0 Å². The van der Waals surface area contributed by atoms with Gasteiger partial charge in [-0.1, -0.05) is 18.2 Å². The van der Waals surface area contributed by atoms with Gasteiger partial charge in [0, 0.05) is 18.4 Å². The molecule has 0 aliphatic heterocycles. The molecule has 4 nitrogen and oxygen atoms in total. The Labute approximate surface area is 113 Å². The average molecular weight is 257 g/mol. The monoisotopic (exact) mass is 257 g/mol. The van der Waals surface area contributed by atoms with Gasteiger partial charge in [0.1, 0.15) is 12.4 Å². The topological polar surface area (TPSA) is 61.0 Å². The molecule has 2 rings (SSSR count). The van der Waals surface area contributed by atoms with E-state index in [0.29, 0.717) is 12.4 Å². The fraction of sp³-hybridized carbons (Fsp3) is 0.333. The Morgan fingerprint density at radius 1 is 1.21 bits per heavy atom. The summed E-state index contributed by atoms with van der Waals surface area (Å²) in [4.78, 5) is 8.31. The van der Waals surface area contributed by atoms with Crippen LogP contribution in [0.1, 0.15) is 23.9 Å². The number of nitrogens with two attached hydrogens (primary N) is 1. The standard InChI is InChI=1S/C15H19N3O/c1-11-5-3-6-13(9-12(2)16)15(11)19-10-14-17-7-4-8-18-14/h3-8,12H,9-10,16H2,1-2H3. The summed E-state index contributed by atoms with van der Waals surface area (Å²) in [5.74, 6) is 1.57. The summed E-state index contributed by atoms with van der Waals surface area (Å²) < 4.78 is 5.87. The number of aryl methyl sites for hydroxylation is 1. The molecule has 0 fully saturated rings. The second kappa shape index (κ2) is 6.29. The molecule has 0 radical (unpaired) electrons. The molecule has 2 N–H and O–H groups in total. The first-order chi connectivity index (χ1) is 9.16. The first-order valence-corrected chi connectivity index (χ1v) is 6.39.